The summed E-state index contributed by atoms with van der Waals surface area (Å²) >= 11 is 0. The van der Waals surface area contributed by atoms with Crippen molar-refractivity contribution in [1.29, 1.82) is 0 Å². The summed E-state index contributed by atoms with van der Waals surface area (Å²) in [6, 6.07) is 1.58. The van der Waals surface area contributed by atoms with E-state index in [1.165, 1.54) is 0 Å². The second-order valence-electron chi connectivity index (χ2n) is 2.99. The summed E-state index contributed by atoms with van der Waals surface area (Å²) in [6.45, 7) is 5.51. The maximum absolute atomic E-state index is 10.4. The lowest BCUT2D eigenvalue weighted by Gasteiger charge is -2.06. The highest BCUT2D eigenvalue weighted by molar-refractivity contribution is 5.69. The molecule has 1 rings (SSSR count). The van der Waals surface area contributed by atoms with Crippen molar-refractivity contribution in [2.45, 2.75) is 20.8 Å². The summed E-state index contributed by atoms with van der Waals surface area (Å²) in [5.74, 6) is 0. The Bertz CT molecular complexity index is 372. The molecule has 0 saturated carbocycles. The summed E-state index contributed by atoms with van der Waals surface area (Å²) < 4.78 is 0. The smallest absolute Gasteiger partial charge is 0.140 e. The third kappa shape index (κ3) is 1.47. The molecule has 0 aliphatic rings. The van der Waals surface area contributed by atoms with Crippen LogP contribution >= 0.6 is 0 Å². The monoisotopic (exact) mass is 178 g/mol. The molecule has 4 nitrogen and oxygen atoms in total. The molecule has 0 N–H and O–H groups in total. The van der Waals surface area contributed by atoms with Gasteiger partial charge in [-0.15, -0.1) is 9.81 Å². The van der Waals surface area contributed by atoms with Gasteiger partial charge < -0.3 is 0 Å². The third-order valence-electron chi connectivity index (χ3n) is 2.29. The quantitative estimate of drug-likeness (QED) is 0.651. The summed E-state index contributed by atoms with van der Waals surface area (Å²) in [4.78, 5) is 20.8. The molecule has 1 aromatic rings. The first-order valence-corrected chi connectivity index (χ1v) is 3.89. The van der Waals surface area contributed by atoms with E-state index in [0.717, 1.165) is 16.7 Å². The van der Waals surface area contributed by atoms with E-state index in [2.05, 4.69) is 10.4 Å². The Morgan fingerprint density at radius 3 is 2.08 bits per heavy atom. The van der Waals surface area contributed by atoms with Crippen molar-refractivity contribution in [2.75, 3.05) is 0 Å². The van der Waals surface area contributed by atoms with Gasteiger partial charge in [-0.1, -0.05) is 0 Å². The number of benzene rings is 1. The molecule has 0 atom stereocenters. The van der Waals surface area contributed by atoms with Crippen molar-refractivity contribution in [3.8, 4) is 0 Å². The van der Waals surface area contributed by atoms with Crippen LogP contribution in [-0.2, 0) is 0 Å². The molecule has 0 bridgehead atoms. The predicted molar refractivity (Wildman–Crippen MR) is 51.6 cm³/mol. The molecule has 0 aromatic heterocycles. The van der Waals surface area contributed by atoms with Crippen molar-refractivity contribution >= 4 is 11.4 Å². The Balaban J connectivity index is 3.56. The van der Waals surface area contributed by atoms with Crippen LogP contribution in [0.2, 0.25) is 0 Å². The van der Waals surface area contributed by atoms with E-state index in [1.54, 1.807) is 13.0 Å². The van der Waals surface area contributed by atoms with Crippen molar-refractivity contribution in [2.24, 2.45) is 10.4 Å². The fourth-order valence-corrected chi connectivity index (χ4v) is 1.23. The van der Waals surface area contributed by atoms with E-state index in [0.29, 0.717) is 0 Å². The van der Waals surface area contributed by atoms with Gasteiger partial charge in [0.25, 0.3) is 0 Å². The Hall–Kier alpha value is -1.58. The van der Waals surface area contributed by atoms with E-state index in [-0.39, 0.29) is 11.4 Å². The lowest BCUT2D eigenvalue weighted by atomic mass is 10.0. The molecule has 4 heteroatoms. The van der Waals surface area contributed by atoms with Gasteiger partial charge in [-0.25, -0.2) is 0 Å². The Labute approximate surface area is 75.9 Å². The summed E-state index contributed by atoms with van der Waals surface area (Å²) in [7, 11) is 0. The average molecular weight is 178 g/mol. The highest BCUT2D eigenvalue weighted by atomic mass is 16.3. The van der Waals surface area contributed by atoms with Crippen LogP contribution in [0, 0.1) is 30.6 Å². The SMILES string of the molecule is Cc1cc(N=O)c(N=O)c(C)c1C. The van der Waals surface area contributed by atoms with E-state index in [9.17, 15) is 9.81 Å². The summed E-state index contributed by atoms with van der Waals surface area (Å²) in [5, 5.41) is 5.56. The molecule has 0 unspecified atom stereocenters. The van der Waals surface area contributed by atoms with Gasteiger partial charge in [0.2, 0.25) is 0 Å². The molecular formula is C9H10N2O2. The van der Waals surface area contributed by atoms with Gasteiger partial charge >= 0.3 is 0 Å². The van der Waals surface area contributed by atoms with Crippen LogP contribution in [0.5, 0.6) is 0 Å². The van der Waals surface area contributed by atoms with Gasteiger partial charge in [0, 0.05) is 0 Å². The van der Waals surface area contributed by atoms with Crippen LogP contribution in [0.25, 0.3) is 0 Å². The molecule has 0 spiro atoms. The number of hydrogen-bond acceptors (Lipinski definition) is 4. The van der Waals surface area contributed by atoms with Gasteiger partial charge in [0.1, 0.15) is 11.4 Å². The number of hydrogen-bond donors (Lipinski definition) is 0. The van der Waals surface area contributed by atoms with Gasteiger partial charge in [-0.3, -0.25) is 0 Å². The zero-order chi connectivity index (χ0) is 10.0. The van der Waals surface area contributed by atoms with Gasteiger partial charge in [-0.05, 0) is 53.9 Å². The van der Waals surface area contributed by atoms with E-state index in [1.807, 2.05) is 13.8 Å². The van der Waals surface area contributed by atoms with Crippen LogP contribution < -0.4 is 0 Å². The molecule has 13 heavy (non-hydrogen) atoms. The number of nitroso groups, excluding NO2 is 2. The first-order chi connectivity index (χ1) is 6.11. The molecule has 0 aliphatic carbocycles. The lowest BCUT2D eigenvalue weighted by Crippen LogP contribution is -1.86. The minimum Gasteiger partial charge on any atom is -0.145 e. The van der Waals surface area contributed by atoms with Crippen molar-refractivity contribution in [1.82, 2.24) is 0 Å². The largest absolute Gasteiger partial charge is 0.145 e. The summed E-state index contributed by atoms with van der Waals surface area (Å²) in [6.07, 6.45) is 0. The predicted octanol–water partition coefficient (Wildman–Crippen LogP) is 3.41. The highest BCUT2D eigenvalue weighted by Crippen LogP contribution is 2.34. The van der Waals surface area contributed by atoms with E-state index >= 15 is 0 Å². The standard InChI is InChI=1S/C9H10N2O2/c1-5-4-8(10-12)9(11-13)7(3)6(5)2/h4H,1-3H3. The van der Waals surface area contributed by atoms with Crippen molar-refractivity contribution in [3.05, 3.63) is 32.6 Å². The minimum absolute atomic E-state index is 0.121. The Kier molecular flexibility index (Phi) is 2.51. The third-order valence-corrected chi connectivity index (χ3v) is 2.29. The average Bonchev–Trinajstić information content (AvgIpc) is 2.13. The summed E-state index contributed by atoms with van der Waals surface area (Å²) in [5.41, 5.74) is 2.92. The van der Waals surface area contributed by atoms with Crippen LogP contribution in [0.15, 0.2) is 16.4 Å². The van der Waals surface area contributed by atoms with Crippen LogP contribution in [0.4, 0.5) is 11.4 Å². The maximum Gasteiger partial charge on any atom is 0.140 e. The number of nitrogens with zero attached hydrogens (tertiary/aromatic N) is 2. The number of rotatable bonds is 2. The van der Waals surface area contributed by atoms with Gasteiger partial charge in [0.05, 0.1) is 0 Å². The zero-order valence-corrected chi connectivity index (χ0v) is 7.79. The fourth-order valence-electron chi connectivity index (χ4n) is 1.23. The Morgan fingerprint density at radius 2 is 1.62 bits per heavy atom. The first-order valence-electron chi connectivity index (χ1n) is 3.89. The first kappa shape index (κ1) is 9.51. The van der Waals surface area contributed by atoms with Crippen LogP contribution in [-0.4, -0.2) is 0 Å². The van der Waals surface area contributed by atoms with Crippen molar-refractivity contribution < 1.29 is 0 Å². The maximum atomic E-state index is 10.4. The molecule has 0 saturated heterocycles. The molecule has 1 aromatic carbocycles. The van der Waals surface area contributed by atoms with Gasteiger partial charge in [0.15, 0.2) is 0 Å². The van der Waals surface area contributed by atoms with Crippen LogP contribution in [0.1, 0.15) is 16.7 Å². The highest BCUT2D eigenvalue weighted by Gasteiger charge is 2.11. The molecule has 68 valence electrons. The second kappa shape index (κ2) is 3.43. The fraction of sp³-hybridized carbons (Fsp3) is 0.333. The molecule has 0 fully saturated rings. The topological polar surface area (TPSA) is 58.9 Å². The van der Waals surface area contributed by atoms with E-state index < -0.39 is 0 Å². The van der Waals surface area contributed by atoms with Crippen LogP contribution in [0.3, 0.4) is 0 Å². The zero-order valence-electron chi connectivity index (χ0n) is 7.79. The molecule has 0 amide bonds. The van der Waals surface area contributed by atoms with Gasteiger partial charge in [-0.2, -0.15) is 0 Å². The molecular weight excluding hydrogens is 168 g/mol. The number of aryl methyl sites for hydroxylation is 1. The molecule has 0 aliphatic heterocycles. The van der Waals surface area contributed by atoms with E-state index in [4.69, 9.17) is 0 Å². The Morgan fingerprint density at radius 1 is 1.00 bits per heavy atom. The van der Waals surface area contributed by atoms with Crippen molar-refractivity contribution in [3.63, 3.8) is 0 Å². The molecule has 0 radical (unpaired) electrons. The lowest BCUT2D eigenvalue weighted by molar-refractivity contribution is 1.23. The normalized spacial score (nSPS) is 9.77. The minimum atomic E-state index is 0.121. The molecule has 0 heterocycles. The second-order valence-corrected chi connectivity index (χ2v) is 2.99.